The number of amides is 1. The molecule has 9 heteroatoms. The van der Waals surface area contributed by atoms with Crippen LogP contribution >= 0.6 is 11.6 Å². The Morgan fingerprint density at radius 3 is 2.41 bits per heavy atom. The highest BCUT2D eigenvalue weighted by Gasteiger charge is 2.31. The van der Waals surface area contributed by atoms with Crippen molar-refractivity contribution < 1.29 is 22.8 Å². The molecule has 1 fully saturated rings. The zero-order valence-electron chi connectivity index (χ0n) is 17.4. The van der Waals surface area contributed by atoms with Crippen LogP contribution in [-0.2, 0) is 17.5 Å². The largest absolute Gasteiger partial charge is 0.416 e. The van der Waals surface area contributed by atoms with Crippen LogP contribution in [0.5, 0.6) is 0 Å². The number of nitrogens with two attached hydrogens (primary N) is 1. The van der Waals surface area contributed by atoms with Gasteiger partial charge in [-0.15, -0.1) is 0 Å². The number of ketones is 1. The second-order valence-corrected chi connectivity index (χ2v) is 8.43. The van der Waals surface area contributed by atoms with E-state index in [1.807, 2.05) is 24.3 Å². The van der Waals surface area contributed by atoms with Crippen molar-refractivity contribution in [2.24, 2.45) is 11.7 Å². The highest BCUT2D eigenvalue weighted by atomic mass is 35.5. The van der Waals surface area contributed by atoms with Crippen LogP contribution < -0.4 is 11.1 Å². The van der Waals surface area contributed by atoms with Crippen molar-refractivity contribution in [3.8, 4) is 0 Å². The van der Waals surface area contributed by atoms with Gasteiger partial charge >= 0.3 is 6.18 Å². The summed E-state index contributed by atoms with van der Waals surface area (Å²) in [6.45, 7) is 2.07. The summed E-state index contributed by atoms with van der Waals surface area (Å²) in [6, 6.07) is 11.0. The molecule has 2 aromatic carbocycles. The van der Waals surface area contributed by atoms with Gasteiger partial charge in [0.25, 0.3) is 5.91 Å². The third-order valence-corrected chi connectivity index (χ3v) is 5.96. The van der Waals surface area contributed by atoms with Gasteiger partial charge < -0.3 is 11.1 Å². The van der Waals surface area contributed by atoms with Gasteiger partial charge in [-0.05, 0) is 67.7 Å². The zero-order chi connectivity index (χ0) is 23.3. The molecule has 1 saturated heterocycles. The van der Waals surface area contributed by atoms with E-state index in [9.17, 15) is 22.8 Å². The fourth-order valence-corrected chi connectivity index (χ4v) is 3.93. The quantitative estimate of drug-likeness (QED) is 0.647. The van der Waals surface area contributed by atoms with Gasteiger partial charge in [0.2, 0.25) is 0 Å². The second kappa shape index (κ2) is 10.5. The van der Waals surface area contributed by atoms with Crippen molar-refractivity contribution in [1.29, 1.82) is 0 Å². The van der Waals surface area contributed by atoms with Gasteiger partial charge in [0.05, 0.1) is 18.2 Å². The number of hydrogen-bond acceptors (Lipinski definition) is 4. The lowest BCUT2D eigenvalue weighted by atomic mass is 9.87. The van der Waals surface area contributed by atoms with Gasteiger partial charge in [0.1, 0.15) is 0 Å². The Kier molecular flexibility index (Phi) is 7.92. The second-order valence-electron chi connectivity index (χ2n) is 7.99. The monoisotopic (exact) mass is 467 g/mol. The predicted octanol–water partition coefficient (Wildman–Crippen LogP) is 3.90. The summed E-state index contributed by atoms with van der Waals surface area (Å²) in [5, 5.41) is 3.08. The van der Waals surface area contributed by atoms with Gasteiger partial charge in [0.15, 0.2) is 5.78 Å². The summed E-state index contributed by atoms with van der Waals surface area (Å²) in [4.78, 5) is 26.9. The van der Waals surface area contributed by atoms with Gasteiger partial charge in [-0.2, -0.15) is 13.2 Å². The lowest BCUT2D eigenvalue weighted by Crippen LogP contribution is -2.47. The fourth-order valence-electron chi connectivity index (χ4n) is 3.81. The van der Waals surface area contributed by atoms with Crippen LogP contribution in [-0.4, -0.2) is 42.3 Å². The van der Waals surface area contributed by atoms with Gasteiger partial charge in [-0.3, -0.25) is 14.5 Å². The van der Waals surface area contributed by atoms with Crippen molar-refractivity contribution in [3.63, 3.8) is 0 Å². The Hall–Kier alpha value is -2.42. The minimum absolute atomic E-state index is 0.00516. The predicted molar refractivity (Wildman–Crippen MR) is 116 cm³/mol. The van der Waals surface area contributed by atoms with Crippen LogP contribution in [0.3, 0.4) is 0 Å². The van der Waals surface area contributed by atoms with Crippen LogP contribution in [0.2, 0.25) is 5.02 Å². The average Bonchev–Trinajstić information content (AvgIpc) is 2.78. The maximum Gasteiger partial charge on any atom is 0.416 e. The molecule has 2 aromatic rings. The summed E-state index contributed by atoms with van der Waals surface area (Å²) in [7, 11) is 0. The maximum atomic E-state index is 12.8. The summed E-state index contributed by atoms with van der Waals surface area (Å²) in [6.07, 6.45) is -3.04. The molecule has 0 saturated carbocycles. The molecule has 0 radical (unpaired) electrons. The van der Waals surface area contributed by atoms with Crippen LogP contribution in [0.4, 0.5) is 13.2 Å². The molecule has 1 unspecified atom stereocenters. The van der Waals surface area contributed by atoms with E-state index in [0.29, 0.717) is 5.02 Å². The number of nitrogens with zero attached hydrogens (tertiary/aromatic N) is 1. The first-order chi connectivity index (χ1) is 15.1. The molecule has 3 N–H and O–H groups in total. The number of carbonyl (C=O) groups excluding carboxylic acids is 2. The molecule has 0 aromatic heterocycles. The molecule has 1 amide bonds. The number of rotatable bonds is 7. The molecule has 0 aliphatic carbocycles. The molecule has 5 nitrogen and oxygen atoms in total. The third-order valence-electron chi connectivity index (χ3n) is 5.71. The minimum Gasteiger partial charge on any atom is -0.345 e. The molecule has 1 heterocycles. The Balaban J connectivity index is 1.46. The molecule has 1 atom stereocenters. The Bertz CT molecular complexity index is 942. The lowest BCUT2D eigenvalue weighted by molar-refractivity contribution is -0.137. The lowest BCUT2D eigenvalue weighted by Gasteiger charge is -2.34. The number of alkyl halides is 3. The third kappa shape index (κ3) is 6.54. The number of likely N-dealkylation sites (tertiary alicyclic amines) is 1. The highest BCUT2D eigenvalue weighted by molar-refractivity contribution is 6.30. The molecule has 32 heavy (non-hydrogen) atoms. The van der Waals surface area contributed by atoms with E-state index in [1.165, 1.54) is 6.07 Å². The Morgan fingerprint density at radius 2 is 1.78 bits per heavy atom. The first-order valence-corrected chi connectivity index (χ1v) is 10.7. The van der Waals surface area contributed by atoms with Gasteiger partial charge in [-0.1, -0.05) is 29.8 Å². The molecule has 0 bridgehead atoms. The van der Waals surface area contributed by atoms with E-state index in [1.54, 1.807) is 0 Å². The highest BCUT2D eigenvalue weighted by Crippen LogP contribution is 2.29. The van der Waals surface area contributed by atoms with Crippen molar-refractivity contribution in [2.45, 2.75) is 31.6 Å². The average molecular weight is 468 g/mol. The number of Topliss-reactive ketones (excluding diaryl/α,β-unsaturated/α-hetero) is 1. The smallest absolute Gasteiger partial charge is 0.345 e. The standard InChI is InChI=1S/C23H25ClF3N3O2/c24-19-6-4-15(5-7-19)14-30-10-8-16(9-11-30)21(28)20(31)13-29-22(32)17-2-1-3-18(12-17)23(25,26)27/h1-7,12,16,21H,8-11,13-14,28H2,(H,29,32). The number of nitrogens with one attached hydrogen (secondary N) is 1. The Labute approximate surface area is 189 Å². The number of carbonyl (C=O) groups is 2. The first kappa shape index (κ1) is 24.2. The van der Waals surface area contributed by atoms with E-state index < -0.39 is 23.7 Å². The molecular weight excluding hydrogens is 443 g/mol. The number of halogens is 4. The fraction of sp³-hybridized carbons (Fsp3) is 0.391. The van der Waals surface area contributed by atoms with E-state index in [2.05, 4.69) is 10.2 Å². The topological polar surface area (TPSA) is 75.4 Å². The molecule has 1 aliphatic heterocycles. The van der Waals surface area contributed by atoms with E-state index in [0.717, 1.165) is 56.2 Å². The number of benzene rings is 2. The van der Waals surface area contributed by atoms with Crippen LogP contribution in [0.1, 0.15) is 34.3 Å². The first-order valence-electron chi connectivity index (χ1n) is 10.3. The molecule has 1 aliphatic rings. The van der Waals surface area contributed by atoms with Crippen molar-refractivity contribution in [1.82, 2.24) is 10.2 Å². The Morgan fingerprint density at radius 1 is 1.12 bits per heavy atom. The summed E-state index contributed by atoms with van der Waals surface area (Å²) in [5.74, 6) is -1.08. The zero-order valence-corrected chi connectivity index (χ0v) is 18.1. The molecular formula is C23H25ClF3N3O2. The minimum atomic E-state index is -4.54. The number of piperidine rings is 1. The van der Waals surface area contributed by atoms with Crippen LogP contribution in [0.15, 0.2) is 48.5 Å². The normalized spacial score (nSPS) is 16.5. The van der Waals surface area contributed by atoms with E-state index in [4.69, 9.17) is 17.3 Å². The van der Waals surface area contributed by atoms with Gasteiger partial charge in [-0.25, -0.2) is 0 Å². The van der Waals surface area contributed by atoms with Crippen LogP contribution in [0.25, 0.3) is 0 Å². The SMILES string of the molecule is NC(C(=O)CNC(=O)c1cccc(C(F)(F)F)c1)C1CCN(Cc2ccc(Cl)cc2)CC1. The van der Waals surface area contributed by atoms with Gasteiger partial charge in [0, 0.05) is 17.1 Å². The maximum absolute atomic E-state index is 12.8. The summed E-state index contributed by atoms with van der Waals surface area (Å²) < 4.78 is 38.4. The molecule has 0 spiro atoms. The van der Waals surface area contributed by atoms with Crippen molar-refractivity contribution >= 4 is 23.3 Å². The molecule has 3 rings (SSSR count). The number of hydrogen-bond donors (Lipinski definition) is 2. The van der Waals surface area contributed by atoms with Crippen LogP contribution in [0, 0.1) is 5.92 Å². The summed E-state index contributed by atoms with van der Waals surface area (Å²) >= 11 is 5.91. The molecule has 172 valence electrons. The van der Waals surface area contributed by atoms with E-state index >= 15 is 0 Å². The van der Waals surface area contributed by atoms with Crippen molar-refractivity contribution in [2.75, 3.05) is 19.6 Å². The summed E-state index contributed by atoms with van der Waals surface area (Å²) in [5.41, 5.74) is 6.21. The van der Waals surface area contributed by atoms with Crippen molar-refractivity contribution in [3.05, 3.63) is 70.2 Å². The van der Waals surface area contributed by atoms with E-state index in [-0.39, 0.29) is 23.8 Å².